The molecule has 0 unspecified atom stereocenters. The highest BCUT2D eigenvalue weighted by Crippen LogP contribution is 2.54. The predicted octanol–water partition coefficient (Wildman–Crippen LogP) is 5.87. The first-order valence-electron chi connectivity index (χ1n) is 11.9. The van der Waals surface area contributed by atoms with Crippen molar-refractivity contribution in [1.29, 1.82) is 0 Å². The first-order valence-corrected chi connectivity index (χ1v) is 11.9. The van der Waals surface area contributed by atoms with Crippen LogP contribution in [0.5, 0.6) is 0 Å². The Hall–Kier alpha value is -2.67. The van der Waals surface area contributed by atoms with Gasteiger partial charge in [-0.05, 0) is 85.2 Å². The Bertz CT molecular complexity index is 1140. The number of piperidine rings is 1. The van der Waals surface area contributed by atoms with Gasteiger partial charge in [-0.3, -0.25) is 4.79 Å². The molecule has 1 N–H and O–H groups in total. The number of alkyl halides is 3. The predicted molar refractivity (Wildman–Crippen MR) is 124 cm³/mol. The third kappa shape index (κ3) is 3.94. The van der Waals surface area contributed by atoms with Crippen molar-refractivity contribution in [2.45, 2.75) is 56.2 Å². The number of rotatable bonds is 3. The average molecular weight is 473 g/mol. The van der Waals surface area contributed by atoms with Crippen molar-refractivity contribution in [3.8, 4) is 0 Å². The van der Waals surface area contributed by atoms with Crippen molar-refractivity contribution in [1.82, 2.24) is 5.32 Å². The van der Waals surface area contributed by atoms with Crippen molar-refractivity contribution >= 4 is 17.7 Å². The number of carbonyl (C=O) groups is 1. The van der Waals surface area contributed by atoms with Gasteiger partial charge in [-0.15, -0.1) is 0 Å². The van der Waals surface area contributed by atoms with Crippen LogP contribution in [0.2, 0.25) is 0 Å². The van der Waals surface area contributed by atoms with E-state index in [0.717, 1.165) is 37.2 Å². The molecule has 2 fully saturated rings. The first kappa shape index (κ1) is 23.1. The quantitative estimate of drug-likeness (QED) is 0.448. The molecule has 3 aliphatic rings. The molecule has 34 heavy (non-hydrogen) atoms. The number of benzene rings is 2. The van der Waals surface area contributed by atoms with E-state index in [9.17, 15) is 22.4 Å². The van der Waals surface area contributed by atoms with Gasteiger partial charge in [0.15, 0.2) is 0 Å². The van der Waals surface area contributed by atoms with E-state index >= 15 is 0 Å². The molecule has 1 saturated carbocycles. The van der Waals surface area contributed by atoms with E-state index in [1.54, 1.807) is 11.9 Å². The molecule has 7 heteroatoms. The highest BCUT2D eigenvalue weighted by atomic mass is 19.4. The Morgan fingerprint density at radius 2 is 1.97 bits per heavy atom. The van der Waals surface area contributed by atoms with E-state index in [-0.39, 0.29) is 16.9 Å². The fourth-order valence-electron chi connectivity index (χ4n) is 6.39. The van der Waals surface area contributed by atoms with Gasteiger partial charge in [0.2, 0.25) is 0 Å². The van der Waals surface area contributed by atoms with Crippen molar-refractivity contribution in [2.75, 3.05) is 18.5 Å². The molecule has 1 aliphatic heterocycles. The van der Waals surface area contributed by atoms with Gasteiger partial charge in [0.25, 0.3) is 5.91 Å². The first-order chi connectivity index (χ1) is 16.2. The van der Waals surface area contributed by atoms with Crippen LogP contribution in [0.15, 0.2) is 42.5 Å². The van der Waals surface area contributed by atoms with Crippen molar-refractivity contribution in [3.05, 3.63) is 70.5 Å². The summed E-state index contributed by atoms with van der Waals surface area (Å²) in [7, 11) is 1.69. The topological polar surface area (TPSA) is 32.3 Å². The van der Waals surface area contributed by atoms with Gasteiger partial charge in [-0.2, -0.15) is 13.2 Å². The minimum absolute atomic E-state index is 0.176. The number of halogens is 4. The third-order valence-electron chi connectivity index (χ3n) is 8.07. The molecule has 0 radical (unpaired) electrons. The zero-order valence-electron chi connectivity index (χ0n) is 19.1. The minimum atomic E-state index is -4.75. The average Bonchev–Trinajstić information content (AvgIpc) is 2.81. The highest BCUT2D eigenvalue weighted by molar-refractivity contribution is 6.03. The highest BCUT2D eigenvalue weighted by Gasteiger charge is 2.51. The Morgan fingerprint density at radius 3 is 2.74 bits per heavy atom. The lowest BCUT2D eigenvalue weighted by Gasteiger charge is -2.56. The second kappa shape index (κ2) is 8.52. The van der Waals surface area contributed by atoms with Gasteiger partial charge in [-0.25, -0.2) is 4.39 Å². The summed E-state index contributed by atoms with van der Waals surface area (Å²) in [5.74, 6) is -1.04. The zero-order chi connectivity index (χ0) is 24.1. The molecule has 3 atom stereocenters. The van der Waals surface area contributed by atoms with Gasteiger partial charge in [0.05, 0.1) is 5.56 Å². The number of amides is 1. The summed E-state index contributed by atoms with van der Waals surface area (Å²) in [5, 5.41) is 3.73. The van der Waals surface area contributed by atoms with Gasteiger partial charge in [-0.1, -0.05) is 25.0 Å². The molecule has 2 aromatic rings. The zero-order valence-corrected chi connectivity index (χ0v) is 19.1. The largest absolute Gasteiger partial charge is 0.419 e. The van der Waals surface area contributed by atoms with Crippen LogP contribution in [-0.4, -0.2) is 25.5 Å². The van der Waals surface area contributed by atoms with Gasteiger partial charge in [0, 0.05) is 30.3 Å². The summed E-state index contributed by atoms with van der Waals surface area (Å²) < 4.78 is 52.1. The lowest BCUT2D eigenvalue weighted by atomic mass is 9.53. The number of hydrogen-bond acceptors (Lipinski definition) is 2. The molecular formula is C27H28F4N2O. The summed E-state index contributed by atoms with van der Waals surface area (Å²) in [6, 6.07) is 9.43. The van der Waals surface area contributed by atoms with Crippen molar-refractivity contribution in [2.24, 2.45) is 5.92 Å². The van der Waals surface area contributed by atoms with Gasteiger partial charge in [0.1, 0.15) is 5.82 Å². The summed E-state index contributed by atoms with van der Waals surface area (Å²) in [5.41, 5.74) is 2.58. The SMILES string of the molecule is CN(C(=O)C=Cc1ccc(C(F)(F)F)c(F)c1)c1ccc2c(c1)[C@@]13CCCC[C@H]1[C@@H](C2)NCC3. The maximum atomic E-state index is 13.8. The summed E-state index contributed by atoms with van der Waals surface area (Å²) >= 11 is 0. The molecule has 2 bridgehead atoms. The molecule has 0 aromatic heterocycles. The van der Waals surface area contributed by atoms with Crippen LogP contribution in [0.4, 0.5) is 23.2 Å². The molecule has 0 spiro atoms. The molecule has 1 amide bonds. The van der Waals surface area contributed by atoms with E-state index < -0.39 is 17.6 Å². The number of fused-ring (bicyclic) bond motifs is 1. The maximum absolute atomic E-state index is 13.8. The lowest BCUT2D eigenvalue weighted by molar-refractivity contribution is -0.140. The van der Waals surface area contributed by atoms with E-state index in [4.69, 9.17) is 0 Å². The Balaban J connectivity index is 1.38. The van der Waals surface area contributed by atoms with E-state index in [2.05, 4.69) is 17.4 Å². The molecule has 2 aromatic carbocycles. The van der Waals surface area contributed by atoms with Crippen molar-refractivity contribution < 1.29 is 22.4 Å². The smallest absolute Gasteiger partial charge is 0.313 e. The molecule has 1 saturated heterocycles. The number of carbonyl (C=O) groups excluding carboxylic acids is 1. The fourth-order valence-corrected chi connectivity index (χ4v) is 6.39. The number of nitrogens with zero attached hydrogens (tertiary/aromatic N) is 1. The van der Waals surface area contributed by atoms with E-state index in [1.165, 1.54) is 49.0 Å². The van der Waals surface area contributed by atoms with E-state index in [0.29, 0.717) is 18.0 Å². The summed E-state index contributed by atoms with van der Waals surface area (Å²) in [6.07, 6.45) is 4.91. The number of likely N-dealkylation sites (N-methyl/N-ethyl adjacent to an activating group) is 1. The Morgan fingerprint density at radius 1 is 1.15 bits per heavy atom. The van der Waals surface area contributed by atoms with Crippen LogP contribution >= 0.6 is 0 Å². The van der Waals surface area contributed by atoms with E-state index in [1.807, 2.05) is 6.07 Å². The summed E-state index contributed by atoms with van der Waals surface area (Å²) in [6.45, 7) is 1.02. The monoisotopic (exact) mass is 472 g/mol. The van der Waals surface area contributed by atoms with Crippen LogP contribution in [0.1, 0.15) is 54.4 Å². The normalized spacial score (nSPS) is 26.1. The second-order valence-electron chi connectivity index (χ2n) is 9.83. The van der Waals surface area contributed by atoms with Crippen LogP contribution in [0.25, 0.3) is 6.08 Å². The third-order valence-corrected chi connectivity index (χ3v) is 8.07. The molecule has 180 valence electrons. The Kier molecular flexibility index (Phi) is 5.79. The van der Waals surface area contributed by atoms with Crippen LogP contribution in [-0.2, 0) is 22.8 Å². The molecule has 3 nitrogen and oxygen atoms in total. The number of nitrogens with one attached hydrogen (secondary N) is 1. The van der Waals surface area contributed by atoms with Crippen LogP contribution in [0.3, 0.4) is 0 Å². The van der Waals surface area contributed by atoms with Crippen LogP contribution in [0, 0.1) is 11.7 Å². The molecule has 1 heterocycles. The molecule has 5 rings (SSSR count). The molecule has 2 aliphatic carbocycles. The minimum Gasteiger partial charge on any atom is -0.313 e. The van der Waals surface area contributed by atoms with Gasteiger partial charge >= 0.3 is 6.18 Å². The van der Waals surface area contributed by atoms with Crippen molar-refractivity contribution in [3.63, 3.8) is 0 Å². The summed E-state index contributed by atoms with van der Waals surface area (Å²) in [4.78, 5) is 14.4. The fraction of sp³-hybridized carbons (Fsp3) is 0.444. The number of anilines is 1. The lowest BCUT2D eigenvalue weighted by Crippen LogP contribution is -2.59. The second-order valence-corrected chi connectivity index (χ2v) is 9.83. The van der Waals surface area contributed by atoms with Gasteiger partial charge < -0.3 is 10.2 Å². The Labute approximate surface area is 196 Å². The maximum Gasteiger partial charge on any atom is 0.419 e. The number of hydrogen-bond donors (Lipinski definition) is 1. The standard InChI is InChI=1S/C27H28F4N2O/c1-33(25(34)10-6-17-5-9-20(23(28)14-17)27(29,30)31)19-8-7-18-15-24-21-4-2-3-11-26(21,12-13-32-24)22(18)16-19/h5-10,14,16,21,24,32H,2-4,11-13,15H2,1H3/t21-,24+,26+/m0/s1. The molecular weight excluding hydrogens is 444 g/mol. The van der Waals surface area contributed by atoms with Crippen LogP contribution < -0.4 is 10.2 Å².